The molecule has 3 N–H and O–H groups in total. The Morgan fingerprint density at radius 2 is 1.56 bits per heavy atom. The monoisotopic (exact) mass is 533 g/mol. The summed E-state index contributed by atoms with van der Waals surface area (Å²) in [7, 11) is -3.83. The van der Waals surface area contributed by atoms with E-state index in [0.717, 1.165) is 38.9 Å². The summed E-state index contributed by atoms with van der Waals surface area (Å²) >= 11 is 6.57. The van der Waals surface area contributed by atoms with Crippen molar-refractivity contribution in [3.05, 3.63) is 89.3 Å². The van der Waals surface area contributed by atoms with Gasteiger partial charge in [0.1, 0.15) is 10.9 Å². The first-order chi connectivity index (χ1) is 17.2. The van der Waals surface area contributed by atoms with Gasteiger partial charge in [0.25, 0.3) is 5.91 Å². The van der Waals surface area contributed by atoms with Gasteiger partial charge in [-0.1, -0.05) is 72.5 Å². The van der Waals surface area contributed by atoms with Crippen molar-refractivity contribution in [2.24, 2.45) is 5.14 Å². The van der Waals surface area contributed by atoms with E-state index in [4.69, 9.17) is 17.4 Å². The normalized spacial score (nSPS) is 15.2. The number of amides is 2. The maximum Gasteiger partial charge on any atom is 0.266 e. The average Bonchev–Trinajstić information content (AvgIpc) is 3.11. The lowest BCUT2D eigenvalue weighted by Crippen LogP contribution is -2.36. The summed E-state index contributed by atoms with van der Waals surface area (Å²) in [6.07, 6.45) is 1.84. The summed E-state index contributed by atoms with van der Waals surface area (Å²) in [5.41, 5.74) is 1.29. The van der Waals surface area contributed by atoms with Gasteiger partial charge in [-0.05, 0) is 63.5 Å². The SMILES string of the molecule is NS(=O)(=O)c1ccc(NC(=O)CN2C(=O)/C(=C/c3c4ccccc4cc4ccccc34)SC2=S)cc1. The number of anilines is 1. The molecule has 10 heteroatoms. The Bertz CT molecular complexity index is 1640. The largest absolute Gasteiger partial charge is 0.325 e. The van der Waals surface area contributed by atoms with E-state index >= 15 is 0 Å². The van der Waals surface area contributed by atoms with Crippen molar-refractivity contribution < 1.29 is 18.0 Å². The summed E-state index contributed by atoms with van der Waals surface area (Å²) in [5.74, 6) is -0.812. The summed E-state index contributed by atoms with van der Waals surface area (Å²) in [6, 6.07) is 23.5. The minimum Gasteiger partial charge on any atom is -0.325 e. The second kappa shape index (κ2) is 9.47. The first kappa shape index (κ1) is 24.1. The molecule has 4 aromatic rings. The third kappa shape index (κ3) is 4.76. The minimum absolute atomic E-state index is 0.0662. The number of thiocarbonyl (C=S) groups is 1. The summed E-state index contributed by atoms with van der Waals surface area (Å²) in [6.45, 7) is -0.269. The Hall–Kier alpha value is -3.57. The van der Waals surface area contributed by atoms with Crippen LogP contribution in [-0.2, 0) is 19.6 Å². The average molecular weight is 534 g/mol. The molecule has 36 heavy (non-hydrogen) atoms. The molecular formula is C26H19N3O4S3. The standard InChI is InChI=1S/C26H19N3O4S3/c27-36(32,33)19-11-9-18(10-12-19)28-24(30)15-29-25(31)23(35-26(29)34)14-22-20-7-3-1-5-16(20)13-17-6-2-4-8-21(17)22/h1-14H,15H2,(H,28,30)(H2,27,32,33)/b23-14-. The molecule has 4 aromatic carbocycles. The Balaban J connectivity index is 1.40. The van der Waals surface area contributed by atoms with Crippen LogP contribution in [0.15, 0.2) is 88.7 Å². The van der Waals surface area contributed by atoms with Gasteiger partial charge >= 0.3 is 0 Å². The van der Waals surface area contributed by atoms with Crippen LogP contribution in [0.4, 0.5) is 5.69 Å². The second-order valence-electron chi connectivity index (χ2n) is 8.12. The Labute approximate surface area is 217 Å². The summed E-state index contributed by atoms with van der Waals surface area (Å²) < 4.78 is 23.1. The van der Waals surface area contributed by atoms with Crippen LogP contribution in [0.3, 0.4) is 0 Å². The van der Waals surface area contributed by atoms with Crippen molar-refractivity contribution >= 4 is 83.4 Å². The van der Waals surface area contributed by atoms with Gasteiger partial charge in [-0.2, -0.15) is 0 Å². The molecule has 5 rings (SSSR count). The molecule has 0 unspecified atom stereocenters. The molecule has 1 saturated heterocycles. The number of nitrogens with zero attached hydrogens (tertiary/aromatic N) is 1. The topological polar surface area (TPSA) is 110 Å². The van der Waals surface area contributed by atoms with Crippen molar-refractivity contribution in [1.29, 1.82) is 0 Å². The van der Waals surface area contributed by atoms with Crippen LogP contribution in [0, 0.1) is 0 Å². The van der Waals surface area contributed by atoms with Gasteiger partial charge < -0.3 is 5.32 Å². The number of primary sulfonamides is 1. The molecule has 0 saturated carbocycles. The Kier molecular flexibility index (Phi) is 6.35. The fraction of sp³-hybridized carbons (Fsp3) is 0.0385. The minimum atomic E-state index is -3.83. The first-order valence-corrected chi connectivity index (χ1v) is 13.6. The van der Waals surface area contributed by atoms with Crippen molar-refractivity contribution in [3.63, 3.8) is 0 Å². The molecule has 0 spiro atoms. The maximum atomic E-state index is 13.2. The molecule has 1 aliphatic heterocycles. The lowest BCUT2D eigenvalue weighted by molar-refractivity contribution is -0.126. The van der Waals surface area contributed by atoms with Gasteiger partial charge in [-0.25, -0.2) is 13.6 Å². The lowest BCUT2D eigenvalue weighted by atomic mass is 9.96. The number of hydrogen-bond acceptors (Lipinski definition) is 6. The molecular weight excluding hydrogens is 515 g/mol. The van der Waals surface area contributed by atoms with Crippen molar-refractivity contribution in [3.8, 4) is 0 Å². The van der Waals surface area contributed by atoms with E-state index in [0.29, 0.717) is 10.6 Å². The zero-order valence-electron chi connectivity index (χ0n) is 18.7. The van der Waals surface area contributed by atoms with E-state index in [1.165, 1.54) is 29.2 Å². The van der Waals surface area contributed by atoms with Crippen LogP contribution in [0.2, 0.25) is 0 Å². The lowest BCUT2D eigenvalue weighted by Gasteiger charge is -2.14. The number of hydrogen-bond donors (Lipinski definition) is 2. The number of fused-ring (bicyclic) bond motifs is 2. The molecule has 0 radical (unpaired) electrons. The molecule has 0 atom stereocenters. The number of carbonyl (C=O) groups excluding carboxylic acids is 2. The molecule has 0 bridgehead atoms. The van der Waals surface area contributed by atoms with Gasteiger partial charge in [-0.15, -0.1) is 0 Å². The van der Waals surface area contributed by atoms with Gasteiger partial charge in [0.05, 0.1) is 9.80 Å². The Morgan fingerprint density at radius 1 is 0.972 bits per heavy atom. The van der Waals surface area contributed by atoms with Crippen molar-refractivity contribution in [2.45, 2.75) is 4.90 Å². The number of nitrogens with one attached hydrogen (secondary N) is 1. The Morgan fingerprint density at radius 3 is 2.14 bits per heavy atom. The highest BCUT2D eigenvalue weighted by Crippen LogP contribution is 2.36. The zero-order valence-corrected chi connectivity index (χ0v) is 21.1. The van der Waals surface area contributed by atoms with E-state index in [-0.39, 0.29) is 21.7 Å². The third-order valence-corrected chi connectivity index (χ3v) is 8.04. The van der Waals surface area contributed by atoms with Crippen LogP contribution in [0.1, 0.15) is 5.56 Å². The van der Waals surface area contributed by atoms with Gasteiger partial charge in [0.15, 0.2) is 0 Å². The predicted molar refractivity (Wildman–Crippen MR) is 148 cm³/mol. The molecule has 1 heterocycles. The number of sulfonamides is 1. The van der Waals surface area contributed by atoms with E-state index in [1.807, 2.05) is 54.6 Å². The highest BCUT2D eigenvalue weighted by atomic mass is 32.2. The summed E-state index contributed by atoms with van der Waals surface area (Å²) in [4.78, 5) is 27.5. The molecule has 1 fully saturated rings. The number of rotatable bonds is 5. The van der Waals surface area contributed by atoms with Crippen LogP contribution in [0.25, 0.3) is 27.6 Å². The number of nitrogens with two attached hydrogens (primary N) is 1. The van der Waals surface area contributed by atoms with E-state index < -0.39 is 15.9 Å². The third-order valence-electron chi connectivity index (χ3n) is 5.73. The first-order valence-electron chi connectivity index (χ1n) is 10.8. The summed E-state index contributed by atoms with van der Waals surface area (Å²) in [5, 5.41) is 11.9. The highest BCUT2D eigenvalue weighted by molar-refractivity contribution is 8.26. The smallest absolute Gasteiger partial charge is 0.266 e. The molecule has 180 valence electrons. The van der Waals surface area contributed by atoms with Crippen molar-refractivity contribution in [1.82, 2.24) is 4.90 Å². The van der Waals surface area contributed by atoms with E-state index in [1.54, 1.807) is 0 Å². The van der Waals surface area contributed by atoms with Gasteiger partial charge in [0.2, 0.25) is 15.9 Å². The van der Waals surface area contributed by atoms with E-state index in [2.05, 4.69) is 11.4 Å². The molecule has 2 amide bonds. The fourth-order valence-corrected chi connectivity index (χ4v) is 5.80. The molecule has 1 aliphatic rings. The molecule has 7 nitrogen and oxygen atoms in total. The highest BCUT2D eigenvalue weighted by Gasteiger charge is 2.33. The van der Waals surface area contributed by atoms with E-state index in [9.17, 15) is 18.0 Å². The molecule has 0 aromatic heterocycles. The van der Waals surface area contributed by atoms with Gasteiger partial charge in [0, 0.05) is 5.69 Å². The van der Waals surface area contributed by atoms with Crippen molar-refractivity contribution in [2.75, 3.05) is 11.9 Å². The quantitative estimate of drug-likeness (QED) is 0.222. The molecule has 0 aliphatic carbocycles. The fourth-order valence-electron chi connectivity index (χ4n) is 4.04. The van der Waals surface area contributed by atoms with Crippen LogP contribution < -0.4 is 10.5 Å². The second-order valence-corrected chi connectivity index (χ2v) is 11.4. The van der Waals surface area contributed by atoms with Crippen LogP contribution in [0.5, 0.6) is 0 Å². The number of thioether (sulfide) groups is 1. The van der Waals surface area contributed by atoms with Crippen LogP contribution in [-0.4, -0.2) is 36.0 Å². The number of benzene rings is 4. The maximum absolute atomic E-state index is 13.2. The van der Waals surface area contributed by atoms with Gasteiger partial charge in [-0.3, -0.25) is 14.5 Å². The predicted octanol–water partition coefficient (Wildman–Crippen LogP) is 4.48. The van der Waals surface area contributed by atoms with Crippen LogP contribution >= 0.6 is 24.0 Å². The zero-order chi connectivity index (χ0) is 25.4. The number of carbonyl (C=O) groups is 2.